The summed E-state index contributed by atoms with van der Waals surface area (Å²) in [6.07, 6.45) is 6.97. The Hall–Kier alpha value is -4.59. The summed E-state index contributed by atoms with van der Waals surface area (Å²) in [4.78, 5) is 16.7. The van der Waals surface area contributed by atoms with Gasteiger partial charge in [-0.05, 0) is 48.0 Å². The van der Waals surface area contributed by atoms with Crippen molar-refractivity contribution in [3.05, 3.63) is 79.1 Å². The van der Waals surface area contributed by atoms with Gasteiger partial charge in [0.25, 0.3) is 0 Å². The molecule has 0 saturated heterocycles. The Morgan fingerprint density at radius 2 is 1.85 bits per heavy atom. The smallest absolute Gasteiger partial charge is 0.135 e. The molecule has 0 aliphatic heterocycles. The van der Waals surface area contributed by atoms with Gasteiger partial charge in [-0.25, -0.2) is 9.37 Å². The third-order valence-corrected chi connectivity index (χ3v) is 5.58. The zero-order valence-electron chi connectivity index (χ0n) is 17.5. The number of ether oxygens (including phenoxy) is 1. The van der Waals surface area contributed by atoms with Gasteiger partial charge in [-0.3, -0.25) is 15.1 Å². The number of hydrogen-bond acceptors (Lipinski definition) is 5. The number of methoxy groups -OCH3 is 1. The lowest BCUT2D eigenvalue weighted by Crippen LogP contribution is -1.88. The monoisotopic (exact) mass is 436 g/mol. The van der Waals surface area contributed by atoms with E-state index in [0.717, 1.165) is 44.5 Å². The Balaban J connectivity index is 1.50. The quantitative estimate of drug-likeness (QED) is 0.387. The highest BCUT2D eigenvalue weighted by Gasteiger charge is 2.16. The molecule has 6 aromatic rings. The van der Waals surface area contributed by atoms with Crippen molar-refractivity contribution < 1.29 is 9.13 Å². The maximum Gasteiger partial charge on any atom is 0.135 e. The number of nitrogens with zero attached hydrogens (tertiary/aromatic N) is 4. The predicted molar refractivity (Wildman–Crippen MR) is 124 cm³/mol. The molecule has 0 unspecified atom stereocenters. The fourth-order valence-corrected chi connectivity index (χ4v) is 4.01. The van der Waals surface area contributed by atoms with Crippen LogP contribution in [-0.2, 0) is 0 Å². The van der Waals surface area contributed by atoms with Crippen LogP contribution in [0.3, 0.4) is 0 Å². The molecule has 5 aromatic heterocycles. The molecule has 33 heavy (non-hydrogen) atoms. The van der Waals surface area contributed by atoms with Gasteiger partial charge in [-0.2, -0.15) is 5.10 Å². The topological polar surface area (TPSA) is 92.4 Å². The van der Waals surface area contributed by atoms with E-state index in [1.807, 2.05) is 30.3 Å². The van der Waals surface area contributed by atoms with Gasteiger partial charge in [0, 0.05) is 41.2 Å². The van der Waals surface area contributed by atoms with Crippen molar-refractivity contribution in [2.75, 3.05) is 7.11 Å². The lowest BCUT2D eigenvalue weighted by molar-refractivity contribution is 0.411. The van der Waals surface area contributed by atoms with Crippen molar-refractivity contribution in [2.45, 2.75) is 0 Å². The van der Waals surface area contributed by atoms with Crippen LogP contribution in [0.15, 0.2) is 73.3 Å². The Labute approximate surface area is 187 Å². The summed E-state index contributed by atoms with van der Waals surface area (Å²) in [5, 5.41) is 8.45. The molecule has 0 fully saturated rings. The molecule has 0 atom stereocenters. The van der Waals surface area contributed by atoms with Crippen LogP contribution in [0, 0.1) is 5.82 Å². The van der Waals surface area contributed by atoms with Crippen LogP contribution in [0.25, 0.3) is 55.7 Å². The molecule has 0 spiro atoms. The molecule has 6 rings (SSSR count). The lowest BCUT2D eigenvalue weighted by Gasteiger charge is -2.06. The Bertz CT molecular complexity index is 1620. The van der Waals surface area contributed by atoms with E-state index in [1.165, 1.54) is 19.2 Å². The van der Waals surface area contributed by atoms with E-state index < -0.39 is 0 Å². The average Bonchev–Trinajstić information content (AvgIpc) is 3.47. The normalized spacial score (nSPS) is 11.3. The van der Waals surface area contributed by atoms with E-state index in [0.29, 0.717) is 17.0 Å². The maximum atomic E-state index is 14.1. The molecule has 160 valence electrons. The number of aromatic amines is 2. The molecule has 0 aliphatic rings. The molecule has 0 aliphatic carbocycles. The van der Waals surface area contributed by atoms with Crippen LogP contribution in [0.5, 0.6) is 5.75 Å². The van der Waals surface area contributed by atoms with Crippen LogP contribution in [0.1, 0.15) is 0 Å². The first-order chi connectivity index (χ1) is 16.2. The van der Waals surface area contributed by atoms with Crippen molar-refractivity contribution in [1.82, 2.24) is 30.1 Å². The molecule has 0 bridgehead atoms. The summed E-state index contributed by atoms with van der Waals surface area (Å²) >= 11 is 0. The highest BCUT2D eigenvalue weighted by atomic mass is 19.1. The summed E-state index contributed by atoms with van der Waals surface area (Å²) in [6, 6.07) is 14.3. The Kier molecular flexibility index (Phi) is 4.36. The number of pyridine rings is 3. The molecular weight excluding hydrogens is 419 g/mol. The van der Waals surface area contributed by atoms with Crippen LogP contribution in [-0.4, -0.2) is 37.2 Å². The number of benzene rings is 1. The minimum absolute atomic E-state index is 0.373. The number of hydrogen-bond donors (Lipinski definition) is 2. The summed E-state index contributed by atoms with van der Waals surface area (Å²) in [7, 11) is 1.52. The van der Waals surface area contributed by atoms with Crippen LogP contribution in [0.4, 0.5) is 4.39 Å². The standard InChI is InChI=1S/C25H17FN6O/c1-33-17-8-15(7-16(26)9-17)19-12-28-13-23-18(19)10-22(29-23)25-24-21(31-32-25)5-4-20(30-24)14-3-2-6-27-11-14/h2-13,29H,1H3,(H,31,32). The van der Waals surface area contributed by atoms with Crippen LogP contribution >= 0.6 is 0 Å². The van der Waals surface area contributed by atoms with Crippen molar-refractivity contribution in [1.29, 1.82) is 0 Å². The van der Waals surface area contributed by atoms with Gasteiger partial charge in [-0.15, -0.1) is 0 Å². The second-order valence-corrected chi connectivity index (χ2v) is 7.62. The summed E-state index contributed by atoms with van der Waals surface area (Å²) in [5.74, 6) is 0.0747. The lowest BCUT2D eigenvalue weighted by atomic mass is 10.0. The first-order valence-electron chi connectivity index (χ1n) is 10.3. The highest BCUT2D eigenvalue weighted by Crippen LogP contribution is 2.35. The number of fused-ring (bicyclic) bond motifs is 2. The van der Waals surface area contributed by atoms with Crippen molar-refractivity contribution in [2.24, 2.45) is 0 Å². The van der Waals surface area contributed by atoms with E-state index in [9.17, 15) is 4.39 Å². The van der Waals surface area contributed by atoms with Gasteiger partial charge in [-0.1, -0.05) is 0 Å². The first kappa shape index (κ1) is 19.1. The third-order valence-electron chi connectivity index (χ3n) is 5.58. The van der Waals surface area contributed by atoms with E-state index in [1.54, 1.807) is 30.9 Å². The Morgan fingerprint density at radius 1 is 0.909 bits per heavy atom. The number of rotatable bonds is 4. The van der Waals surface area contributed by atoms with Gasteiger partial charge in [0.15, 0.2) is 0 Å². The summed E-state index contributed by atoms with van der Waals surface area (Å²) < 4.78 is 19.4. The molecule has 2 N–H and O–H groups in total. The molecule has 5 heterocycles. The van der Waals surface area contributed by atoms with Crippen LogP contribution in [0.2, 0.25) is 0 Å². The molecular formula is C25H17FN6O. The van der Waals surface area contributed by atoms with Crippen molar-refractivity contribution >= 4 is 21.9 Å². The van der Waals surface area contributed by atoms with Crippen molar-refractivity contribution in [3.8, 4) is 39.5 Å². The van der Waals surface area contributed by atoms with Gasteiger partial charge in [0.2, 0.25) is 0 Å². The largest absolute Gasteiger partial charge is 0.497 e. The van der Waals surface area contributed by atoms with E-state index in [4.69, 9.17) is 9.72 Å². The third kappa shape index (κ3) is 3.28. The zero-order chi connectivity index (χ0) is 22.4. The molecule has 0 radical (unpaired) electrons. The predicted octanol–water partition coefficient (Wildman–Crippen LogP) is 5.38. The van der Waals surface area contributed by atoms with E-state index in [-0.39, 0.29) is 5.82 Å². The zero-order valence-corrected chi connectivity index (χ0v) is 17.5. The van der Waals surface area contributed by atoms with Crippen molar-refractivity contribution in [3.63, 3.8) is 0 Å². The van der Waals surface area contributed by atoms with E-state index in [2.05, 4.69) is 25.1 Å². The minimum Gasteiger partial charge on any atom is -0.497 e. The number of H-pyrrole nitrogens is 2. The molecule has 8 heteroatoms. The number of nitrogens with one attached hydrogen (secondary N) is 2. The first-order valence-corrected chi connectivity index (χ1v) is 10.3. The molecule has 7 nitrogen and oxygen atoms in total. The highest BCUT2D eigenvalue weighted by molar-refractivity contribution is 6.00. The van der Waals surface area contributed by atoms with Gasteiger partial charge in [0.05, 0.1) is 35.7 Å². The van der Waals surface area contributed by atoms with Crippen LogP contribution < -0.4 is 4.74 Å². The molecule has 1 aromatic carbocycles. The number of aromatic nitrogens is 6. The minimum atomic E-state index is -0.373. The maximum absolute atomic E-state index is 14.1. The Morgan fingerprint density at radius 3 is 2.70 bits per heavy atom. The fraction of sp³-hybridized carbons (Fsp3) is 0.0400. The average molecular weight is 436 g/mol. The van der Waals surface area contributed by atoms with E-state index >= 15 is 0 Å². The second-order valence-electron chi connectivity index (χ2n) is 7.62. The molecule has 0 saturated carbocycles. The van der Waals surface area contributed by atoms with Gasteiger partial charge >= 0.3 is 0 Å². The molecule has 0 amide bonds. The summed E-state index contributed by atoms with van der Waals surface area (Å²) in [6.45, 7) is 0. The second kappa shape index (κ2) is 7.52. The fourth-order valence-electron chi connectivity index (χ4n) is 4.01. The number of halogens is 1. The SMILES string of the molecule is COc1cc(F)cc(-c2cncc3[nH]c(-c4n[nH]c5ccc(-c6cccnc6)nc45)cc23)c1. The van der Waals surface area contributed by atoms with Gasteiger partial charge in [0.1, 0.15) is 22.8 Å². The summed E-state index contributed by atoms with van der Waals surface area (Å²) in [5.41, 5.74) is 7.05. The van der Waals surface area contributed by atoms with Gasteiger partial charge < -0.3 is 9.72 Å².